The van der Waals surface area contributed by atoms with E-state index in [-0.39, 0.29) is 0 Å². The fourth-order valence-corrected chi connectivity index (χ4v) is 1.31. The molecule has 3 nitrogen and oxygen atoms in total. The Hall–Kier alpha value is -1.53. The third-order valence-corrected chi connectivity index (χ3v) is 2.33. The summed E-state index contributed by atoms with van der Waals surface area (Å²) in [5, 5.41) is 3.19. The summed E-state index contributed by atoms with van der Waals surface area (Å²) in [4.78, 5) is 4.08. The summed E-state index contributed by atoms with van der Waals surface area (Å²) < 4.78 is 5.64. The van der Waals surface area contributed by atoms with Crippen molar-refractivity contribution in [2.75, 3.05) is 13.7 Å². The molecule has 1 rings (SSSR count). The van der Waals surface area contributed by atoms with Crippen LogP contribution in [0.4, 0.5) is 0 Å². The molecule has 1 N–H and O–H groups in total. The molecule has 0 amide bonds. The molecular formula is C13H18N2O. The van der Waals surface area contributed by atoms with E-state index >= 15 is 0 Å². The normalized spacial score (nSPS) is 11.4. The fourth-order valence-electron chi connectivity index (χ4n) is 1.31. The Kier molecular flexibility index (Phi) is 5.38. The van der Waals surface area contributed by atoms with Gasteiger partial charge in [-0.2, -0.15) is 0 Å². The SMILES string of the molecule is CC#Cc1cncc(OCC(CC)NC)c1. The molecule has 16 heavy (non-hydrogen) atoms. The second-order valence-corrected chi connectivity index (χ2v) is 3.49. The Labute approximate surface area is 97.2 Å². The summed E-state index contributed by atoms with van der Waals surface area (Å²) in [6.07, 6.45) is 4.49. The first-order chi connectivity index (χ1) is 7.80. The van der Waals surface area contributed by atoms with Gasteiger partial charge in [-0.3, -0.25) is 4.98 Å². The number of rotatable bonds is 5. The van der Waals surface area contributed by atoms with E-state index in [1.165, 1.54) is 0 Å². The van der Waals surface area contributed by atoms with Gasteiger partial charge in [-0.05, 0) is 26.5 Å². The molecule has 0 aliphatic heterocycles. The quantitative estimate of drug-likeness (QED) is 0.766. The zero-order valence-electron chi connectivity index (χ0n) is 10.1. The Morgan fingerprint density at radius 1 is 1.50 bits per heavy atom. The molecule has 0 radical (unpaired) electrons. The predicted molar refractivity (Wildman–Crippen MR) is 65.4 cm³/mol. The van der Waals surface area contributed by atoms with E-state index in [2.05, 4.69) is 29.1 Å². The number of likely N-dealkylation sites (N-methyl/N-ethyl adjacent to an activating group) is 1. The van der Waals surface area contributed by atoms with Crippen LogP contribution in [0.15, 0.2) is 18.5 Å². The minimum Gasteiger partial charge on any atom is -0.490 e. The van der Waals surface area contributed by atoms with E-state index in [1.54, 1.807) is 12.4 Å². The lowest BCUT2D eigenvalue weighted by Crippen LogP contribution is -2.30. The molecule has 1 heterocycles. The van der Waals surface area contributed by atoms with Crippen molar-refractivity contribution in [2.45, 2.75) is 26.3 Å². The first kappa shape index (κ1) is 12.5. The van der Waals surface area contributed by atoms with Crippen molar-refractivity contribution < 1.29 is 4.74 Å². The lowest BCUT2D eigenvalue weighted by atomic mass is 10.2. The van der Waals surface area contributed by atoms with Gasteiger partial charge in [0.25, 0.3) is 0 Å². The molecule has 86 valence electrons. The Balaban J connectivity index is 2.59. The van der Waals surface area contributed by atoms with Crippen molar-refractivity contribution in [3.8, 4) is 17.6 Å². The molecule has 0 bridgehead atoms. The van der Waals surface area contributed by atoms with E-state index in [4.69, 9.17) is 4.74 Å². The third kappa shape index (κ3) is 3.92. The highest BCUT2D eigenvalue weighted by Gasteiger charge is 2.04. The summed E-state index contributed by atoms with van der Waals surface area (Å²) in [5.41, 5.74) is 0.887. The average molecular weight is 218 g/mol. The minimum absolute atomic E-state index is 0.376. The maximum absolute atomic E-state index is 5.64. The van der Waals surface area contributed by atoms with Crippen LogP contribution in [0, 0.1) is 11.8 Å². The molecule has 0 fully saturated rings. The smallest absolute Gasteiger partial charge is 0.138 e. The highest BCUT2D eigenvalue weighted by atomic mass is 16.5. The largest absolute Gasteiger partial charge is 0.490 e. The van der Waals surface area contributed by atoms with Gasteiger partial charge in [0.1, 0.15) is 12.4 Å². The van der Waals surface area contributed by atoms with Crippen LogP contribution in [-0.2, 0) is 0 Å². The van der Waals surface area contributed by atoms with Gasteiger partial charge in [0.05, 0.1) is 6.20 Å². The summed E-state index contributed by atoms with van der Waals surface area (Å²) >= 11 is 0. The Bertz CT molecular complexity index is 375. The zero-order chi connectivity index (χ0) is 11.8. The maximum Gasteiger partial charge on any atom is 0.138 e. The number of pyridine rings is 1. The van der Waals surface area contributed by atoms with E-state index in [9.17, 15) is 0 Å². The van der Waals surface area contributed by atoms with Crippen molar-refractivity contribution in [1.29, 1.82) is 0 Å². The number of ether oxygens (including phenoxy) is 1. The van der Waals surface area contributed by atoms with Gasteiger partial charge in [0, 0.05) is 17.8 Å². The molecule has 0 aliphatic carbocycles. The van der Waals surface area contributed by atoms with Crippen LogP contribution in [0.2, 0.25) is 0 Å². The minimum atomic E-state index is 0.376. The number of hydrogen-bond donors (Lipinski definition) is 1. The summed E-state index contributed by atoms with van der Waals surface area (Å²) in [5.74, 6) is 6.57. The summed E-state index contributed by atoms with van der Waals surface area (Å²) in [7, 11) is 1.94. The molecular weight excluding hydrogens is 200 g/mol. The molecule has 1 atom stereocenters. The van der Waals surface area contributed by atoms with Gasteiger partial charge < -0.3 is 10.1 Å². The average Bonchev–Trinajstić information content (AvgIpc) is 2.31. The molecule has 0 aliphatic rings. The molecule has 0 aromatic carbocycles. The molecule has 1 aromatic heterocycles. The number of nitrogens with zero attached hydrogens (tertiary/aromatic N) is 1. The lowest BCUT2D eigenvalue weighted by molar-refractivity contribution is 0.266. The molecule has 0 saturated heterocycles. The standard InChI is InChI=1S/C13H18N2O/c1-4-6-11-7-13(9-15-8-11)16-10-12(5-2)14-3/h7-9,12,14H,5,10H2,1-3H3. The van der Waals surface area contributed by atoms with Gasteiger partial charge in [-0.15, -0.1) is 5.92 Å². The number of nitrogens with one attached hydrogen (secondary N) is 1. The monoisotopic (exact) mass is 218 g/mol. The van der Waals surface area contributed by atoms with Crippen molar-refractivity contribution in [1.82, 2.24) is 10.3 Å². The van der Waals surface area contributed by atoms with Crippen LogP contribution in [0.3, 0.4) is 0 Å². The Morgan fingerprint density at radius 3 is 2.94 bits per heavy atom. The van der Waals surface area contributed by atoms with Gasteiger partial charge in [0.15, 0.2) is 0 Å². The first-order valence-electron chi connectivity index (χ1n) is 5.48. The molecule has 0 saturated carbocycles. The number of aromatic nitrogens is 1. The van der Waals surface area contributed by atoms with E-state index in [1.807, 2.05) is 20.0 Å². The van der Waals surface area contributed by atoms with Crippen LogP contribution >= 0.6 is 0 Å². The van der Waals surface area contributed by atoms with Gasteiger partial charge in [-0.25, -0.2) is 0 Å². The van der Waals surface area contributed by atoms with Gasteiger partial charge >= 0.3 is 0 Å². The molecule has 0 spiro atoms. The topological polar surface area (TPSA) is 34.1 Å². The van der Waals surface area contributed by atoms with Crippen molar-refractivity contribution in [2.24, 2.45) is 0 Å². The van der Waals surface area contributed by atoms with Crippen LogP contribution in [0.1, 0.15) is 25.8 Å². The van der Waals surface area contributed by atoms with Crippen molar-refractivity contribution >= 4 is 0 Å². The summed E-state index contributed by atoms with van der Waals surface area (Å²) in [6, 6.07) is 2.28. The van der Waals surface area contributed by atoms with Crippen LogP contribution in [-0.4, -0.2) is 24.7 Å². The highest BCUT2D eigenvalue weighted by Crippen LogP contribution is 2.10. The Morgan fingerprint density at radius 2 is 2.31 bits per heavy atom. The van der Waals surface area contributed by atoms with Gasteiger partial charge in [0.2, 0.25) is 0 Å². The second kappa shape index (κ2) is 6.86. The zero-order valence-corrected chi connectivity index (χ0v) is 10.1. The lowest BCUT2D eigenvalue weighted by Gasteiger charge is -2.14. The maximum atomic E-state index is 5.64. The molecule has 1 aromatic rings. The predicted octanol–water partition coefficient (Wildman–Crippen LogP) is 1.83. The molecule has 1 unspecified atom stereocenters. The third-order valence-electron chi connectivity index (χ3n) is 2.33. The van der Waals surface area contributed by atoms with Crippen molar-refractivity contribution in [3.63, 3.8) is 0 Å². The number of hydrogen-bond acceptors (Lipinski definition) is 3. The van der Waals surface area contributed by atoms with Crippen LogP contribution in [0.5, 0.6) is 5.75 Å². The van der Waals surface area contributed by atoms with Crippen LogP contribution < -0.4 is 10.1 Å². The van der Waals surface area contributed by atoms with E-state index < -0.39 is 0 Å². The van der Waals surface area contributed by atoms with Crippen LogP contribution in [0.25, 0.3) is 0 Å². The molecule has 3 heteroatoms. The van der Waals surface area contributed by atoms with E-state index in [0.717, 1.165) is 17.7 Å². The fraction of sp³-hybridized carbons (Fsp3) is 0.462. The van der Waals surface area contributed by atoms with Crippen molar-refractivity contribution in [3.05, 3.63) is 24.0 Å². The van der Waals surface area contributed by atoms with E-state index in [0.29, 0.717) is 12.6 Å². The first-order valence-corrected chi connectivity index (χ1v) is 5.48. The highest BCUT2D eigenvalue weighted by molar-refractivity contribution is 5.36. The van der Waals surface area contributed by atoms with Gasteiger partial charge in [-0.1, -0.05) is 12.8 Å². The summed E-state index contributed by atoms with van der Waals surface area (Å²) in [6.45, 7) is 4.58. The second-order valence-electron chi connectivity index (χ2n) is 3.49.